The van der Waals surface area contributed by atoms with E-state index in [1.54, 1.807) is 31.4 Å². The average Bonchev–Trinajstić information content (AvgIpc) is 3.44. The van der Waals surface area contributed by atoms with Crippen LogP contribution < -0.4 is 4.74 Å². The SMILES string of the molecule is COc1ccc(C(=O)N2CCCN2C(=O)CC(CC2CCCC2)N(O)C=O)cc1. The second-order valence-corrected chi connectivity index (χ2v) is 7.76. The Morgan fingerprint density at radius 3 is 2.45 bits per heavy atom. The minimum absolute atomic E-state index is 0.00185. The molecule has 0 aromatic heterocycles. The van der Waals surface area contributed by atoms with Gasteiger partial charge in [0.1, 0.15) is 5.75 Å². The molecule has 2 aliphatic rings. The third kappa shape index (κ3) is 5.06. The fourth-order valence-electron chi connectivity index (χ4n) is 4.27. The summed E-state index contributed by atoms with van der Waals surface area (Å²) in [6, 6.07) is 6.20. The Bertz CT molecular complexity index is 718. The lowest BCUT2D eigenvalue weighted by atomic mass is 9.96. The highest BCUT2D eigenvalue weighted by molar-refractivity contribution is 5.95. The molecule has 8 nitrogen and oxygen atoms in total. The molecule has 1 saturated heterocycles. The number of carbonyl (C=O) groups excluding carboxylic acids is 3. The summed E-state index contributed by atoms with van der Waals surface area (Å²) in [5, 5.41) is 13.5. The Labute approximate surface area is 170 Å². The van der Waals surface area contributed by atoms with Gasteiger partial charge in [0.15, 0.2) is 0 Å². The standard InChI is InChI=1S/C21H29N3O5/c1-29-19-9-7-17(8-10-19)21(27)23-12-4-11-22(23)20(26)14-18(24(28)15-25)13-16-5-2-3-6-16/h7-10,15-16,18,28H,2-6,11-14H2,1H3. The Balaban J connectivity index is 1.66. The van der Waals surface area contributed by atoms with Crippen LogP contribution in [0.4, 0.5) is 0 Å². The number of hydrogen-bond donors (Lipinski definition) is 1. The highest BCUT2D eigenvalue weighted by Crippen LogP contribution is 2.30. The van der Waals surface area contributed by atoms with Crippen LogP contribution in [-0.2, 0) is 9.59 Å². The van der Waals surface area contributed by atoms with Crippen molar-refractivity contribution in [2.45, 2.75) is 51.0 Å². The highest BCUT2D eigenvalue weighted by Gasteiger charge is 2.34. The number of amides is 3. The minimum Gasteiger partial charge on any atom is -0.497 e. The van der Waals surface area contributed by atoms with E-state index < -0.39 is 6.04 Å². The lowest BCUT2D eigenvalue weighted by Gasteiger charge is -2.31. The van der Waals surface area contributed by atoms with Crippen LogP contribution in [0.2, 0.25) is 0 Å². The van der Waals surface area contributed by atoms with Gasteiger partial charge in [0.2, 0.25) is 12.3 Å². The van der Waals surface area contributed by atoms with Crippen LogP contribution in [0.1, 0.15) is 55.3 Å². The number of ether oxygens (including phenoxy) is 1. The Morgan fingerprint density at radius 2 is 1.83 bits per heavy atom. The van der Waals surface area contributed by atoms with E-state index in [1.807, 2.05) is 0 Å². The summed E-state index contributed by atoms with van der Waals surface area (Å²) < 4.78 is 5.12. The summed E-state index contributed by atoms with van der Waals surface area (Å²) in [6.07, 6.45) is 6.06. The van der Waals surface area contributed by atoms with E-state index in [0.29, 0.717) is 54.6 Å². The van der Waals surface area contributed by atoms with Gasteiger partial charge in [0, 0.05) is 18.7 Å². The summed E-state index contributed by atoms with van der Waals surface area (Å²) in [7, 11) is 1.56. The van der Waals surface area contributed by atoms with Crippen molar-refractivity contribution < 1.29 is 24.3 Å². The molecular weight excluding hydrogens is 374 g/mol. The number of hydrogen-bond acceptors (Lipinski definition) is 5. The van der Waals surface area contributed by atoms with Gasteiger partial charge >= 0.3 is 0 Å². The molecule has 29 heavy (non-hydrogen) atoms. The maximum Gasteiger partial charge on any atom is 0.272 e. The predicted octanol–water partition coefficient (Wildman–Crippen LogP) is 2.47. The van der Waals surface area contributed by atoms with E-state index in [-0.39, 0.29) is 18.2 Å². The first-order valence-electron chi connectivity index (χ1n) is 10.2. The van der Waals surface area contributed by atoms with Crippen molar-refractivity contribution in [2.75, 3.05) is 20.2 Å². The lowest BCUT2D eigenvalue weighted by Crippen LogP contribution is -2.47. The second-order valence-electron chi connectivity index (χ2n) is 7.76. The van der Waals surface area contributed by atoms with E-state index >= 15 is 0 Å². The van der Waals surface area contributed by atoms with E-state index in [2.05, 4.69) is 0 Å². The summed E-state index contributed by atoms with van der Waals surface area (Å²) in [5.41, 5.74) is 0.477. The minimum atomic E-state index is -0.568. The van der Waals surface area contributed by atoms with Gasteiger partial charge in [-0.25, -0.2) is 10.1 Å². The van der Waals surface area contributed by atoms with E-state index in [4.69, 9.17) is 4.74 Å². The van der Waals surface area contributed by atoms with E-state index in [1.165, 1.54) is 10.0 Å². The molecule has 0 spiro atoms. The van der Waals surface area contributed by atoms with Crippen molar-refractivity contribution in [2.24, 2.45) is 5.92 Å². The van der Waals surface area contributed by atoms with Crippen LogP contribution in [0.5, 0.6) is 5.75 Å². The molecule has 0 radical (unpaired) electrons. The monoisotopic (exact) mass is 403 g/mol. The van der Waals surface area contributed by atoms with Gasteiger partial charge in [0.05, 0.1) is 19.6 Å². The molecule has 8 heteroatoms. The molecule has 1 aromatic rings. The molecule has 1 aliphatic heterocycles. The molecule has 3 rings (SSSR count). The van der Waals surface area contributed by atoms with Crippen LogP contribution >= 0.6 is 0 Å². The van der Waals surface area contributed by atoms with E-state index in [9.17, 15) is 19.6 Å². The van der Waals surface area contributed by atoms with Crippen LogP contribution in [-0.4, -0.2) is 64.8 Å². The number of carbonyl (C=O) groups is 3. The Kier molecular flexibility index (Phi) is 7.09. The smallest absolute Gasteiger partial charge is 0.272 e. The number of nitrogens with zero attached hydrogens (tertiary/aromatic N) is 3. The van der Waals surface area contributed by atoms with Gasteiger partial charge in [-0.15, -0.1) is 0 Å². The first-order valence-corrected chi connectivity index (χ1v) is 10.2. The first-order chi connectivity index (χ1) is 14.0. The fraction of sp³-hybridized carbons (Fsp3) is 0.571. The maximum atomic E-state index is 13.0. The zero-order valence-electron chi connectivity index (χ0n) is 16.8. The third-order valence-corrected chi connectivity index (χ3v) is 5.86. The topological polar surface area (TPSA) is 90.4 Å². The van der Waals surface area contributed by atoms with Crippen LogP contribution in [0.25, 0.3) is 0 Å². The molecule has 2 fully saturated rings. The number of rotatable bonds is 8. The van der Waals surface area contributed by atoms with E-state index in [0.717, 1.165) is 25.7 Å². The van der Waals surface area contributed by atoms with Gasteiger partial charge < -0.3 is 4.74 Å². The third-order valence-electron chi connectivity index (χ3n) is 5.86. The molecule has 1 atom stereocenters. The first kappa shape index (κ1) is 21.1. The summed E-state index contributed by atoms with van der Waals surface area (Å²) >= 11 is 0. The zero-order valence-corrected chi connectivity index (χ0v) is 16.8. The summed E-state index contributed by atoms with van der Waals surface area (Å²) in [4.78, 5) is 37.0. The van der Waals surface area contributed by atoms with Crippen molar-refractivity contribution in [3.63, 3.8) is 0 Å². The largest absolute Gasteiger partial charge is 0.497 e. The fourth-order valence-corrected chi connectivity index (χ4v) is 4.27. The van der Waals surface area contributed by atoms with Gasteiger partial charge in [-0.3, -0.25) is 24.6 Å². The molecular formula is C21H29N3O5. The van der Waals surface area contributed by atoms with Crippen molar-refractivity contribution >= 4 is 18.2 Å². The number of benzene rings is 1. The molecule has 1 heterocycles. The second kappa shape index (κ2) is 9.73. The van der Waals surface area contributed by atoms with Crippen LogP contribution in [0.15, 0.2) is 24.3 Å². The van der Waals surface area contributed by atoms with Crippen molar-refractivity contribution in [3.05, 3.63) is 29.8 Å². The lowest BCUT2D eigenvalue weighted by molar-refractivity contribution is -0.166. The van der Waals surface area contributed by atoms with Gasteiger partial charge in [0.25, 0.3) is 5.91 Å². The van der Waals surface area contributed by atoms with Crippen molar-refractivity contribution in [1.29, 1.82) is 0 Å². The highest BCUT2D eigenvalue weighted by atomic mass is 16.5. The van der Waals surface area contributed by atoms with Crippen molar-refractivity contribution in [3.8, 4) is 5.75 Å². The number of hydrazine groups is 1. The quantitative estimate of drug-likeness (QED) is 0.409. The normalized spacial score (nSPS) is 18.0. The molecule has 1 unspecified atom stereocenters. The average molecular weight is 403 g/mol. The van der Waals surface area contributed by atoms with Gasteiger partial charge in [-0.2, -0.15) is 0 Å². The van der Waals surface area contributed by atoms with Crippen LogP contribution in [0.3, 0.4) is 0 Å². The number of methoxy groups -OCH3 is 1. The maximum absolute atomic E-state index is 13.0. The molecule has 1 aromatic carbocycles. The Morgan fingerprint density at radius 1 is 1.17 bits per heavy atom. The zero-order chi connectivity index (χ0) is 20.8. The molecule has 158 valence electrons. The van der Waals surface area contributed by atoms with Crippen LogP contribution in [0, 0.1) is 5.92 Å². The van der Waals surface area contributed by atoms with Gasteiger partial charge in [-0.05, 0) is 43.0 Å². The predicted molar refractivity (Wildman–Crippen MR) is 105 cm³/mol. The molecule has 1 N–H and O–H groups in total. The Hall–Kier alpha value is -2.61. The number of hydroxylamine groups is 2. The molecule has 1 saturated carbocycles. The summed E-state index contributed by atoms with van der Waals surface area (Å²) in [6.45, 7) is 0.907. The molecule has 1 aliphatic carbocycles. The van der Waals surface area contributed by atoms with Crippen molar-refractivity contribution in [1.82, 2.24) is 15.1 Å². The molecule has 0 bridgehead atoms. The van der Waals surface area contributed by atoms with Gasteiger partial charge in [-0.1, -0.05) is 25.7 Å². The summed E-state index contributed by atoms with van der Waals surface area (Å²) in [5.74, 6) is 0.566. The molecule has 3 amide bonds.